The first kappa shape index (κ1) is 15.7. The monoisotopic (exact) mass is 301 g/mol. The van der Waals surface area contributed by atoms with E-state index in [1.54, 1.807) is 6.07 Å². The van der Waals surface area contributed by atoms with E-state index in [1.165, 1.54) is 6.07 Å². The molecule has 1 aromatic carbocycles. The molecule has 5 heteroatoms. The molecule has 0 aromatic heterocycles. The zero-order chi connectivity index (χ0) is 14.4. The quantitative estimate of drug-likeness (QED) is 0.876. The number of hydrogen-bond donors (Lipinski definition) is 1. The summed E-state index contributed by atoms with van der Waals surface area (Å²) >= 11 is 6.04. The molecule has 0 aliphatic carbocycles. The summed E-state index contributed by atoms with van der Waals surface area (Å²) in [7, 11) is 0. The van der Waals surface area contributed by atoms with Gasteiger partial charge in [-0.3, -0.25) is 0 Å². The molecule has 0 spiro atoms. The zero-order valence-corrected chi connectivity index (χ0v) is 12.5. The Labute approximate surface area is 124 Å². The first-order chi connectivity index (χ1) is 9.72. The van der Waals surface area contributed by atoms with Crippen molar-refractivity contribution in [1.82, 2.24) is 5.32 Å². The summed E-state index contributed by atoms with van der Waals surface area (Å²) in [6.45, 7) is 4.80. The summed E-state index contributed by atoms with van der Waals surface area (Å²) in [5, 5.41) is 3.65. The van der Waals surface area contributed by atoms with E-state index in [-0.39, 0.29) is 23.0 Å². The van der Waals surface area contributed by atoms with Gasteiger partial charge < -0.3 is 14.8 Å². The second kappa shape index (κ2) is 7.93. The Kier molecular flexibility index (Phi) is 6.23. The topological polar surface area (TPSA) is 30.5 Å². The number of benzene rings is 1. The maximum atomic E-state index is 13.5. The Bertz CT molecular complexity index is 424. The molecule has 1 heterocycles. The van der Waals surface area contributed by atoms with Gasteiger partial charge >= 0.3 is 0 Å². The summed E-state index contributed by atoms with van der Waals surface area (Å²) < 4.78 is 24.7. The van der Waals surface area contributed by atoms with Gasteiger partial charge in [-0.1, -0.05) is 30.7 Å². The minimum Gasteiger partial charge on any atom is -0.376 e. The maximum absolute atomic E-state index is 13.5. The van der Waals surface area contributed by atoms with E-state index in [9.17, 15) is 4.39 Å². The van der Waals surface area contributed by atoms with E-state index in [0.29, 0.717) is 26.2 Å². The van der Waals surface area contributed by atoms with Gasteiger partial charge in [0.25, 0.3) is 0 Å². The van der Waals surface area contributed by atoms with Crippen LogP contribution in [0.5, 0.6) is 0 Å². The number of nitrogens with one attached hydrogen (secondary N) is 1. The molecule has 0 bridgehead atoms. The van der Waals surface area contributed by atoms with Crippen molar-refractivity contribution in [2.75, 3.05) is 26.4 Å². The normalized spacial score (nSPS) is 20.9. The number of ether oxygens (including phenoxy) is 2. The predicted octanol–water partition coefficient (Wildman–Crippen LogP) is 2.81. The molecule has 1 aliphatic heterocycles. The second-order valence-corrected chi connectivity index (χ2v) is 5.34. The number of halogens is 2. The largest absolute Gasteiger partial charge is 0.376 e. The molecular weight excluding hydrogens is 281 g/mol. The Morgan fingerprint density at radius 1 is 1.45 bits per heavy atom. The van der Waals surface area contributed by atoms with Gasteiger partial charge in [0, 0.05) is 6.04 Å². The molecule has 1 aliphatic rings. The van der Waals surface area contributed by atoms with Crippen LogP contribution in [0.4, 0.5) is 4.39 Å². The van der Waals surface area contributed by atoms with Gasteiger partial charge in [0.2, 0.25) is 0 Å². The molecule has 2 rings (SSSR count). The lowest BCUT2D eigenvalue weighted by Crippen LogP contribution is -2.48. The highest BCUT2D eigenvalue weighted by atomic mass is 35.5. The third kappa shape index (κ3) is 4.16. The van der Waals surface area contributed by atoms with E-state index in [0.717, 1.165) is 18.5 Å². The first-order valence-electron chi connectivity index (χ1n) is 7.08. The van der Waals surface area contributed by atoms with Crippen molar-refractivity contribution < 1.29 is 13.9 Å². The lowest BCUT2D eigenvalue weighted by Gasteiger charge is -2.31. The maximum Gasteiger partial charge on any atom is 0.142 e. The third-order valence-corrected chi connectivity index (χ3v) is 3.84. The van der Waals surface area contributed by atoms with Crippen LogP contribution in [-0.2, 0) is 15.9 Å². The van der Waals surface area contributed by atoms with Gasteiger partial charge in [0.1, 0.15) is 5.82 Å². The van der Waals surface area contributed by atoms with Crippen LogP contribution >= 0.6 is 11.6 Å². The van der Waals surface area contributed by atoms with Gasteiger partial charge in [-0.05, 0) is 31.0 Å². The molecule has 2 atom stereocenters. The fourth-order valence-electron chi connectivity index (χ4n) is 2.35. The molecule has 0 amide bonds. The first-order valence-corrected chi connectivity index (χ1v) is 7.45. The average Bonchev–Trinajstić information content (AvgIpc) is 2.48. The van der Waals surface area contributed by atoms with Crippen molar-refractivity contribution in [3.8, 4) is 0 Å². The fourth-order valence-corrected chi connectivity index (χ4v) is 2.55. The Hall–Kier alpha value is -0.680. The second-order valence-electron chi connectivity index (χ2n) is 4.96. The van der Waals surface area contributed by atoms with Gasteiger partial charge in [0.05, 0.1) is 30.9 Å². The molecule has 20 heavy (non-hydrogen) atoms. The van der Waals surface area contributed by atoms with Crippen molar-refractivity contribution in [1.29, 1.82) is 0 Å². The molecule has 2 unspecified atom stereocenters. The molecule has 1 aromatic rings. The molecule has 0 radical (unpaired) electrons. The lowest BCUT2D eigenvalue weighted by atomic mass is 10.0. The summed E-state index contributed by atoms with van der Waals surface area (Å²) in [6.07, 6.45) is 1.64. The number of hydrogen-bond acceptors (Lipinski definition) is 3. The predicted molar refractivity (Wildman–Crippen MR) is 77.8 cm³/mol. The van der Waals surface area contributed by atoms with E-state index in [4.69, 9.17) is 21.1 Å². The van der Waals surface area contributed by atoms with Crippen molar-refractivity contribution in [2.45, 2.75) is 31.9 Å². The van der Waals surface area contributed by atoms with Gasteiger partial charge in [-0.2, -0.15) is 0 Å². The molecule has 0 saturated carbocycles. The van der Waals surface area contributed by atoms with Crippen LogP contribution in [0.25, 0.3) is 0 Å². The highest BCUT2D eigenvalue weighted by molar-refractivity contribution is 6.31. The van der Waals surface area contributed by atoms with E-state index in [1.807, 2.05) is 6.07 Å². The number of rotatable bonds is 6. The van der Waals surface area contributed by atoms with Crippen LogP contribution in [0.2, 0.25) is 5.02 Å². The summed E-state index contributed by atoms with van der Waals surface area (Å²) in [6, 6.07) is 5.00. The van der Waals surface area contributed by atoms with E-state index in [2.05, 4.69) is 12.2 Å². The van der Waals surface area contributed by atoms with Crippen molar-refractivity contribution in [3.63, 3.8) is 0 Å². The van der Waals surface area contributed by atoms with Crippen LogP contribution in [0, 0.1) is 5.82 Å². The Morgan fingerprint density at radius 2 is 2.30 bits per heavy atom. The van der Waals surface area contributed by atoms with Crippen LogP contribution in [0.1, 0.15) is 18.9 Å². The van der Waals surface area contributed by atoms with Crippen molar-refractivity contribution in [3.05, 3.63) is 34.6 Å². The Balaban J connectivity index is 2.07. The molecule has 1 N–H and O–H groups in total. The Morgan fingerprint density at radius 3 is 3.00 bits per heavy atom. The van der Waals surface area contributed by atoms with Crippen molar-refractivity contribution >= 4 is 11.6 Å². The van der Waals surface area contributed by atoms with E-state index >= 15 is 0 Å². The van der Waals surface area contributed by atoms with Crippen molar-refractivity contribution in [2.24, 2.45) is 0 Å². The molecular formula is C15H21ClFNO2. The minimum absolute atomic E-state index is 0.0189. The van der Waals surface area contributed by atoms with E-state index < -0.39 is 0 Å². The summed E-state index contributed by atoms with van der Waals surface area (Å²) in [5.41, 5.74) is 0.800. The molecule has 112 valence electrons. The average molecular weight is 302 g/mol. The highest BCUT2D eigenvalue weighted by Gasteiger charge is 2.25. The zero-order valence-electron chi connectivity index (χ0n) is 11.7. The summed E-state index contributed by atoms with van der Waals surface area (Å²) in [5.74, 6) is -0.376. The third-order valence-electron chi connectivity index (χ3n) is 3.42. The highest BCUT2D eigenvalue weighted by Crippen LogP contribution is 2.22. The molecule has 1 saturated heterocycles. The van der Waals surface area contributed by atoms with Crippen LogP contribution < -0.4 is 5.32 Å². The van der Waals surface area contributed by atoms with Gasteiger partial charge in [-0.15, -0.1) is 0 Å². The SMILES string of the molecule is CCCNC(Cc1cccc(F)c1Cl)C1COCCO1. The smallest absolute Gasteiger partial charge is 0.142 e. The summed E-state index contributed by atoms with van der Waals surface area (Å²) in [4.78, 5) is 0. The fraction of sp³-hybridized carbons (Fsp3) is 0.600. The lowest BCUT2D eigenvalue weighted by molar-refractivity contribution is -0.101. The molecule has 3 nitrogen and oxygen atoms in total. The van der Waals surface area contributed by atoms with Crippen LogP contribution in [0.3, 0.4) is 0 Å². The molecule has 1 fully saturated rings. The van der Waals surface area contributed by atoms with Crippen LogP contribution in [0.15, 0.2) is 18.2 Å². The van der Waals surface area contributed by atoms with Gasteiger partial charge in [-0.25, -0.2) is 4.39 Å². The van der Waals surface area contributed by atoms with Crippen LogP contribution in [-0.4, -0.2) is 38.5 Å². The minimum atomic E-state index is -0.376. The van der Waals surface area contributed by atoms with Gasteiger partial charge in [0.15, 0.2) is 0 Å². The standard InChI is InChI=1S/C15H21ClFNO2/c1-2-6-18-13(14-10-19-7-8-20-14)9-11-4-3-5-12(17)15(11)16/h3-5,13-14,18H,2,6-10H2,1H3.